The van der Waals surface area contributed by atoms with Crippen LogP contribution in [0.15, 0.2) is 56.9 Å². The Bertz CT molecular complexity index is 866. The second-order valence-electron chi connectivity index (χ2n) is 4.31. The van der Waals surface area contributed by atoms with Crippen LogP contribution in [0.5, 0.6) is 5.75 Å². The van der Waals surface area contributed by atoms with E-state index in [9.17, 15) is 23.6 Å². The van der Waals surface area contributed by atoms with Gasteiger partial charge in [-0.1, -0.05) is 15.9 Å². The molecule has 2 aromatic carbocycles. The summed E-state index contributed by atoms with van der Waals surface area (Å²) in [7, 11) is -3.87. The average Bonchev–Trinajstić information content (AvgIpc) is 2.49. The highest BCUT2D eigenvalue weighted by Crippen LogP contribution is 2.21. The van der Waals surface area contributed by atoms with Crippen molar-refractivity contribution in [2.75, 3.05) is 0 Å². The van der Waals surface area contributed by atoms with Crippen LogP contribution in [0, 0.1) is 10.1 Å². The van der Waals surface area contributed by atoms with E-state index >= 15 is 0 Å². The number of rotatable bonds is 5. The molecule has 0 aliphatic heterocycles. The first-order chi connectivity index (χ1) is 10.8. The Morgan fingerprint density at radius 3 is 2.48 bits per heavy atom. The van der Waals surface area contributed by atoms with E-state index in [1.807, 2.05) is 4.83 Å². The van der Waals surface area contributed by atoms with Gasteiger partial charge in [-0.2, -0.15) is 13.5 Å². The lowest BCUT2D eigenvalue weighted by molar-refractivity contribution is -0.384. The zero-order valence-electron chi connectivity index (χ0n) is 11.4. The molecule has 8 nitrogen and oxygen atoms in total. The monoisotopic (exact) mass is 399 g/mol. The van der Waals surface area contributed by atoms with Crippen molar-refractivity contribution in [1.29, 1.82) is 0 Å². The lowest BCUT2D eigenvalue weighted by atomic mass is 10.2. The second kappa shape index (κ2) is 6.75. The Labute approximate surface area is 139 Å². The molecule has 0 radical (unpaired) electrons. The highest BCUT2D eigenvalue weighted by molar-refractivity contribution is 9.10. The Hall–Kier alpha value is -2.46. The summed E-state index contributed by atoms with van der Waals surface area (Å²) in [4.78, 5) is 12.0. The summed E-state index contributed by atoms with van der Waals surface area (Å²) in [6.45, 7) is 0. The number of nitrogens with one attached hydrogen (secondary N) is 1. The van der Waals surface area contributed by atoms with Crippen LogP contribution in [-0.4, -0.2) is 24.7 Å². The topological polar surface area (TPSA) is 122 Å². The molecule has 0 fully saturated rings. The number of sulfonamides is 1. The fourth-order valence-corrected chi connectivity index (χ4v) is 2.65. The summed E-state index contributed by atoms with van der Waals surface area (Å²) in [6.07, 6.45) is 0.985. The molecule has 0 heterocycles. The number of nitrogens with zero attached hydrogens (tertiary/aromatic N) is 2. The smallest absolute Gasteiger partial charge is 0.276 e. The third-order valence-electron chi connectivity index (χ3n) is 2.72. The molecule has 0 aliphatic rings. The molecule has 2 N–H and O–H groups in total. The van der Waals surface area contributed by atoms with Crippen LogP contribution in [0.4, 0.5) is 5.69 Å². The van der Waals surface area contributed by atoms with Crippen molar-refractivity contribution in [2.24, 2.45) is 5.10 Å². The third kappa shape index (κ3) is 4.27. The molecule has 0 spiro atoms. The molecule has 0 amide bonds. The molecule has 120 valence electrons. The average molecular weight is 400 g/mol. The lowest BCUT2D eigenvalue weighted by Gasteiger charge is -2.03. The summed E-state index contributed by atoms with van der Waals surface area (Å²) < 4.78 is 24.7. The molecule has 0 atom stereocenters. The second-order valence-corrected chi connectivity index (χ2v) is 6.88. The molecule has 0 saturated heterocycles. The van der Waals surface area contributed by atoms with Gasteiger partial charge in [0.05, 0.1) is 16.0 Å². The van der Waals surface area contributed by atoms with Crippen molar-refractivity contribution in [3.63, 3.8) is 0 Å². The van der Waals surface area contributed by atoms with E-state index in [0.29, 0.717) is 0 Å². The first kappa shape index (κ1) is 16.9. The van der Waals surface area contributed by atoms with Gasteiger partial charge in [0.15, 0.2) is 0 Å². The SMILES string of the molecule is O=[N+]([O-])c1ccc(O)c(/C=N\NS(=O)(=O)c2ccc(Br)cc2)c1. The number of hydrogen-bond donors (Lipinski definition) is 2. The van der Waals surface area contributed by atoms with Gasteiger partial charge in [0, 0.05) is 22.2 Å². The van der Waals surface area contributed by atoms with Crippen molar-refractivity contribution in [2.45, 2.75) is 4.90 Å². The zero-order chi connectivity index (χ0) is 17.0. The van der Waals surface area contributed by atoms with E-state index in [4.69, 9.17) is 0 Å². The first-order valence-electron chi connectivity index (χ1n) is 6.07. The van der Waals surface area contributed by atoms with Gasteiger partial charge < -0.3 is 5.11 Å². The minimum absolute atomic E-state index is 0.00103. The van der Waals surface area contributed by atoms with E-state index < -0.39 is 14.9 Å². The van der Waals surface area contributed by atoms with Crippen molar-refractivity contribution >= 4 is 37.9 Å². The van der Waals surface area contributed by atoms with Crippen LogP contribution in [-0.2, 0) is 10.0 Å². The minimum Gasteiger partial charge on any atom is -0.507 e. The lowest BCUT2D eigenvalue weighted by Crippen LogP contribution is -2.18. The molecule has 0 saturated carbocycles. The fourth-order valence-electron chi connectivity index (χ4n) is 1.59. The number of non-ortho nitro benzene ring substituents is 1. The van der Waals surface area contributed by atoms with E-state index in [0.717, 1.165) is 28.9 Å². The van der Waals surface area contributed by atoms with Gasteiger partial charge in [-0.3, -0.25) is 10.1 Å². The van der Waals surface area contributed by atoms with Gasteiger partial charge in [0.1, 0.15) is 5.75 Å². The highest BCUT2D eigenvalue weighted by Gasteiger charge is 2.13. The molecule has 0 bridgehead atoms. The normalized spacial score (nSPS) is 11.5. The molecular weight excluding hydrogens is 390 g/mol. The first-order valence-corrected chi connectivity index (χ1v) is 8.35. The Balaban J connectivity index is 2.19. The maximum Gasteiger partial charge on any atom is 0.276 e. The Morgan fingerprint density at radius 2 is 1.87 bits per heavy atom. The van der Waals surface area contributed by atoms with Gasteiger partial charge in [-0.05, 0) is 30.3 Å². The van der Waals surface area contributed by atoms with Crippen LogP contribution < -0.4 is 4.83 Å². The summed E-state index contributed by atoms with van der Waals surface area (Å²) >= 11 is 3.19. The van der Waals surface area contributed by atoms with Crippen LogP contribution in [0.25, 0.3) is 0 Å². The molecule has 0 aromatic heterocycles. The number of nitro groups is 1. The Kier molecular flexibility index (Phi) is 4.96. The number of halogens is 1. The number of nitro benzene ring substituents is 1. The molecular formula is C13H10BrN3O5S. The maximum absolute atomic E-state index is 12.0. The van der Waals surface area contributed by atoms with Gasteiger partial charge in [0.2, 0.25) is 0 Å². The maximum atomic E-state index is 12.0. The number of benzene rings is 2. The molecule has 23 heavy (non-hydrogen) atoms. The minimum atomic E-state index is -3.87. The fraction of sp³-hybridized carbons (Fsp3) is 0. The van der Waals surface area contributed by atoms with Crippen molar-refractivity contribution in [3.8, 4) is 5.75 Å². The van der Waals surface area contributed by atoms with Crippen LogP contribution in [0.3, 0.4) is 0 Å². The number of hydrogen-bond acceptors (Lipinski definition) is 6. The summed E-state index contributed by atoms with van der Waals surface area (Å²) in [5.41, 5.74) is -0.238. The van der Waals surface area contributed by atoms with E-state index in [2.05, 4.69) is 21.0 Å². The number of phenols is 1. The molecule has 0 aliphatic carbocycles. The van der Waals surface area contributed by atoms with Crippen LogP contribution in [0.2, 0.25) is 0 Å². The summed E-state index contributed by atoms with van der Waals surface area (Å²) in [5.74, 6) is -0.262. The quantitative estimate of drug-likeness (QED) is 0.453. The molecule has 2 rings (SSSR count). The predicted octanol–water partition coefficient (Wildman–Crippen LogP) is 2.38. The number of aromatic hydroxyl groups is 1. The molecule has 2 aromatic rings. The van der Waals surface area contributed by atoms with Crippen LogP contribution >= 0.6 is 15.9 Å². The van der Waals surface area contributed by atoms with Crippen molar-refractivity contribution < 1.29 is 18.4 Å². The molecule has 10 heteroatoms. The van der Waals surface area contributed by atoms with Gasteiger partial charge in [0.25, 0.3) is 15.7 Å². The van der Waals surface area contributed by atoms with E-state index in [-0.39, 0.29) is 21.9 Å². The van der Waals surface area contributed by atoms with E-state index in [1.165, 1.54) is 12.1 Å². The third-order valence-corrected chi connectivity index (χ3v) is 4.49. The van der Waals surface area contributed by atoms with Crippen molar-refractivity contribution in [1.82, 2.24) is 4.83 Å². The van der Waals surface area contributed by atoms with Gasteiger partial charge in [-0.15, -0.1) is 0 Å². The summed E-state index contributed by atoms with van der Waals surface area (Å²) in [5, 5.41) is 23.8. The largest absolute Gasteiger partial charge is 0.507 e. The number of phenolic OH excluding ortho intramolecular Hbond substituents is 1. The van der Waals surface area contributed by atoms with Gasteiger partial charge in [-0.25, -0.2) is 4.83 Å². The van der Waals surface area contributed by atoms with Gasteiger partial charge >= 0.3 is 0 Å². The zero-order valence-corrected chi connectivity index (χ0v) is 13.8. The van der Waals surface area contributed by atoms with Crippen molar-refractivity contribution in [3.05, 3.63) is 62.6 Å². The van der Waals surface area contributed by atoms with E-state index in [1.54, 1.807) is 12.1 Å². The molecule has 0 unspecified atom stereocenters. The highest BCUT2D eigenvalue weighted by atomic mass is 79.9. The predicted molar refractivity (Wildman–Crippen MR) is 86.8 cm³/mol. The summed E-state index contributed by atoms with van der Waals surface area (Å²) in [6, 6.07) is 9.21. The Morgan fingerprint density at radius 1 is 1.22 bits per heavy atom. The van der Waals surface area contributed by atoms with Crippen LogP contribution in [0.1, 0.15) is 5.56 Å². The standard InChI is InChI=1S/C13H10BrN3O5S/c14-10-1-4-12(5-2-10)23(21,22)16-15-8-9-7-11(17(19)20)3-6-13(9)18/h1-8,16,18H/b15-8-. The number of hydrazone groups is 1.